The number of benzene rings is 1. The lowest BCUT2D eigenvalue weighted by Gasteiger charge is -2.17. The Morgan fingerprint density at radius 3 is 2.78 bits per heavy atom. The molecule has 1 fully saturated rings. The highest BCUT2D eigenvalue weighted by atomic mass is 16.7. The molecule has 0 spiro atoms. The Balaban J connectivity index is 1.54. The summed E-state index contributed by atoms with van der Waals surface area (Å²) >= 11 is 0. The standard InChI is InChI=1S/C14H21NO3/c1-14(2)17-11-13(18-14)10-16-9-8-15-12-6-4-3-5-7-12/h3-7,13,15H,8-11H2,1-2H3. The molecule has 1 aromatic rings. The minimum absolute atomic E-state index is 0.0525. The molecule has 1 N–H and O–H groups in total. The molecule has 1 unspecified atom stereocenters. The van der Waals surface area contributed by atoms with E-state index < -0.39 is 5.79 Å². The van der Waals surface area contributed by atoms with Crippen molar-refractivity contribution < 1.29 is 14.2 Å². The van der Waals surface area contributed by atoms with Crippen LogP contribution in [0, 0.1) is 0 Å². The number of anilines is 1. The zero-order valence-electron chi connectivity index (χ0n) is 11.0. The molecule has 0 bridgehead atoms. The maximum absolute atomic E-state index is 5.65. The third-order valence-electron chi connectivity index (χ3n) is 2.72. The molecule has 4 nitrogen and oxygen atoms in total. The van der Waals surface area contributed by atoms with Crippen LogP contribution < -0.4 is 5.32 Å². The molecule has 0 aliphatic carbocycles. The molecule has 4 heteroatoms. The fourth-order valence-electron chi connectivity index (χ4n) is 1.88. The molecule has 1 heterocycles. The molecule has 1 aliphatic heterocycles. The van der Waals surface area contributed by atoms with Crippen LogP contribution in [0.4, 0.5) is 5.69 Å². The lowest BCUT2D eigenvalue weighted by molar-refractivity contribution is -0.144. The highest BCUT2D eigenvalue weighted by Crippen LogP contribution is 2.22. The van der Waals surface area contributed by atoms with Crippen LogP contribution in [0.2, 0.25) is 0 Å². The van der Waals surface area contributed by atoms with E-state index in [2.05, 4.69) is 5.32 Å². The van der Waals surface area contributed by atoms with E-state index in [-0.39, 0.29) is 6.10 Å². The van der Waals surface area contributed by atoms with Crippen LogP contribution in [0.5, 0.6) is 0 Å². The Morgan fingerprint density at radius 2 is 2.11 bits per heavy atom. The van der Waals surface area contributed by atoms with Gasteiger partial charge in [0.2, 0.25) is 0 Å². The van der Waals surface area contributed by atoms with Crippen molar-refractivity contribution in [3.63, 3.8) is 0 Å². The average Bonchev–Trinajstić information content (AvgIpc) is 2.70. The highest BCUT2D eigenvalue weighted by Gasteiger charge is 2.32. The van der Waals surface area contributed by atoms with Crippen molar-refractivity contribution >= 4 is 5.69 Å². The Morgan fingerprint density at radius 1 is 1.33 bits per heavy atom. The minimum Gasteiger partial charge on any atom is -0.383 e. The molecular formula is C14H21NO3. The zero-order chi connectivity index (χ0) is 12.8. The molecule has 18 heavy (non-hydrogen) atoms. The number of para-hydroxylation sites is 1. The predicted octanol–water partition coefficient (Wildman–Crippen LogP) is 2.27. The van der Waals surface area contributed by atoms with Crippen LogP contribution in [-0.2, 0) is 14.2 Å². The smallest absolute Gasteiger partial charge is 0.163 e. The third kappa shape index (κ3) is 4.29. The summed E-state index contributed by atoms with van der Waals surface area (Å²) in [7, 11) is 0. The van der Waals surface area contributed by atoms with Gasteiger partial charge >= 0.3 is 0 Å². The highest BCUT2D eigenvalue weighted by molar-refractivity contribution is 5.42. The average molecular weight is 251 g/mol. The molecule has 0 radical (unpaired) electrons. The molecule has 0 aromatic heterocycles. The van der Waals surface area contributed by atoms with Gasteiger partial charge in [-0.2, -0.15) is 0 Å². The lowest BCUT2D eigenvalue weighted by Crippen LogP contribution is -2.24. The van der Waals surface area contributed by atoms with Crippen molar-refractivity contribution in [3.8, 4) is 0 Å². The Bertz CT molecular complexity index is 353. The fourth-order valence-corrected chi connectivity index (χ4v) is 1.88. The van der Waals surface area contributed by atoms with Crippen LogP contribution in [0.25, 0.3) is 0 Å². The van der Waals surface area contributed by atoms with E-state index in [0.717, 1.165) is 12.2 Å². The second-order valence-electron chi connectivity index (χ2n) is 4.82. The largest absolute Gasteiger partial charge is 0.383 e. The molecule has 0 amide bonds. The number of hydrogen-bond acceptors (Lipinski definition) is 4. The van der Waals surface area contributed by atoms with Crippen LogP contribution in [0.1, 0.15) is 13.8 Å². The van der Waals surface area contributed by atoms with E-state index in [0.29, 0.717) is 19.8 Å². The first kappa shape index (κ1) is 13.3. The van der Waals surface area contributed by atoms with Gasteiger partial charge in [0, 0.05) is 12.2 Å². The van der Waals surface area contributed by atoms with Crippen molar-refractivity contribution in [3.05, 3.63) is 30.3 Å². The number of nitrogens with one attached hydrogen (secondary N) is 1. The molecule has 100 valence electrons. The summed E-state index contributed by atoms with van der Waals surface area (Å²) in [6.45, 7) is 6.49. The molecule has 0 saturated carbocycles. The van der Waals surface area contributed by atoms with Gasteiger partial charge in [-0.25, -0.2) is 0 Å². The van der Waals surface area contributed by atoms with Crippen molar-refractivity contribution in [2.45, 2.75) is 25.7 Å². The normalized spacial score (nSPS) is 22.0. The predicted molar refractivity (Wildman–Crippen MR) is 70.7 cm³/mol. The molecule has 2 rings (SSSR count). The Labute approximate surface area is 108 Å². The van der Waals surface area contributed by atoms with E-state index >= 15 is 0 Å². The van der Waals surface area contributed by atoms with Crippen molar-refractivity contribution in [1.82, 2.24) is 0 Å². The number of rotatable bonds is 6. The topological polar surface area (TPSA) is 39.7 Å². The summed E-state index contributed by atoms with van der Waals surface area (Å²) in [5.74, 6) is -0.462. The summed E-state index contributed by atoms with van der Waals surface area (Å²) < 4.78 is 16.7. The van der Waals surface area contributed by atoms with Crippen molar-refractivity contribution in [2.24, 2.45) is 0 Å². The molecule has 1 aromatic carbocycles. The van der Waals surface area contributed by atoms with Gasteiger partial charge < -0.3 is 19.5 Å². The SMILES string of the molecule is CC1(C)OCC(COCCNc2ccccc2)O1. The summed E-state index contributed by atoms with van der Waals surface area (Å²) in [5.41, 5.74) is 1.11. The Hall–Kier alpha value is -1.10. The first-order valence-corrected chi connectivity index (χ1v) is 6.34. The van der Waals surface area contributed by atoms with E-state index in [1.54, 1.807) is 0 Å². The van der Waals surface area contributed by atoms with E-state index in [1.165, 1.54) is 0 Å². The van der Waals surface area contributed by atoms with Crippen LogP contribution >= 0.6 is 0 Å². The van der Waals surface area contributed by atoms with E-state index in [4.69, 9.17) is 14.2 Å². The quantitative estimate of drug-likeness (QED) is 0.787. The summed E-state index contributed by atoms with van der Waals surface area (Å²) in [6.07, 6.45) is 0.0525. The van der Waals surface area contributed by atoms with Crippen LogP contribution in [0.3, 0.4) is 0 Å². The third-order valence-corrected chi connectivity index (χ3v) is 2.72. The van der Waals surface area contributed by atoms with E-state index in [1.807, 2.05) is 44.2 Å². The number of ether oxygens (including phenoxy) is 3. The maximum atomic E-state index is 5.65. The first-order valence-electron chi connectivity index (χ1n) is 6.34. The van der Waals surface area contributed by atoms with Crippen LogP contribution in [0.15, 0.2) is 30.3 Å². The zero-order valence-corrected chi connectivity index (χ0v) is 11.0. The number of hydrogen-bond donors (Lipinski definition) is 1. The Kier molecular flexibility index (Phi) is 4.58. The minimum atomic E-state index is -0.462. The van der Waals surface area contributed by atoms with Gasteiger partial charge in [-0.15, -0.1) is 0 Å². The van der Waals surface area contributed by atoms with Gasteiger partial charge in [-0.1, -0.05) is 18.2 Å². The van der Waals surface area contributed by atoms with Gasteiger partial charge in [-0.3, -0.25) is 0 Å². The molecule has 1 aliphatic rings. The second-order valence-corrected chi connectivity index (χ2v) is 4.82. The van der Waals surface area contributed by atoms with Gasteiger partial charge in [0.15, 0.2) is 5.79 Å². The van der Waals surface area contributed by atoms with E-state index in [9.17, 15) is 0 Å². The molecular weight excluding hydrogens is 230 g/mol. The molecule has 1 atom stereocenters. The van der Waals surface area contributed by atoms with Crippen molar-refractivity contribution in [1.29, 1.82) is 0 Å². The van der Waals surface area contributed by atoms with Gasteiger partial charge in [0.05, 0.1) is 19.8 Å². The van der Waals surface area contributed by atoms with Crippen LogP contribution in [-0.4, -0.2) is 38.3 Å². The fraction of sp³-hybridized carbons (Fsp3) is 0.571. The van der Waals surface area contributed by atoms with Gasteiger partial charge in [-0.05, 0) is 26.0 Å². The summed E-state index contributed by atoms with van der Waals surface area (Å²) in [5, 5.41) is 3.29. The van der Waals surface area contributed by atoms with Gasteiger partial charge in [0.1, 0.15) is 6.10 Å². The maximum Gasteiger partial charge on any atom is 0.163 e. The van der Waals surface area contributed by atoms with Gasteiger partial charge in [0.25, 0.3) is 0 Å². The lowest BCUT2D eigenvalue weighted by atomic mass is 10.3. The monoisotopic (exact) mass is 251 g/mol. The summed E-state index contributed by atoms with van der Waals surface area (Å²) in [4.78, 5) is 0. The molecule has 1 saturated heterocycles. The first-order chi connectivity index (χ1) is 8.66. The summed E-state index contributed by atoms with van der Waals surface area (Å²) in [6, 6.07) is 10.1. The second kappa shape index (κ2) is 6.18. The van der Waals surface area contributed by atoms with Crippen molar-refractivity contribution in [2.75, 3.05) is 31.7 Å².